The zero-order valence-corrected chi connectivity index (χ0v) is 11.1. The molecule has 0 aliphatic carbocycles. The van der Waals surface area contributed by atoms with Crippen molar-refractivity contribution in [2.24, 2.45) is 0 Å². The van der Waals surface area contributed by atoms with Crippen LogP contribution in [0.3, 0.4) is 0 Å². The number of esters is 2. The van der Waals surface area contributed by atoms with E-state index in [1.165, 1.54) is 6.42 Å². The Bertz CT molecular complexity index is 226. The number of carbonyl (C=O) groups is 2. The van der Waals surface area contributed by atoms with E-state index in [0.29, 0.717) is 32.5 Å². The second-order valence-corrected chi connectivity index (χ2v) is 4.77. The third kappa shape index (κ3) is 8.09. The van der Waals surface area contributed by atoms with Gasteiger partial charge in [0, 0.05) is 19.3 Å². The van der Waals surface area contributed by atoms with E-state index in [1.807, 2.05) is 0 Å². The lowest BCUT2D eigenvalue weighted by molar-refractivity contribution is -0.146. The lowest BCUT2D eigenvalue weighted by Crippen LogP contribution is -2.10. The summed E-state index contributed by atoms with van der Waals surface area (Å²) in [5, 5.41) is 0. The second kappa shape index (κ2) is 9.92. The van der Waals surface area contributed by atoms with Crippen LogP contribution in [0.2, 0.25) is 0 Å². The van der Waals surface area contributed by atoms with Crippen LogP contribution < -0.4 is 0 Å². The molecular weight excluding hydrogens is 232 g/mol. The fourth-order valence-electron chi connectivity index (χ4n) is 2.00. The van der Waals surface area contributed by atoms with Gasteiger partial charge in [-0.1, -0.05) is 32.1 Å². The van der Waals surface area contributed by atoms with Gasteiger partial charge in [-0.2, -0.15) is 0 Å². The van der Waals surface area contributed by atoms with E-state index < -0.39 is 0 Å². The van der Waals surface area contributed by atoms with Crippen LogP contribution in [0.1, 0.15) is 64.2 Å². The first kappa shape index (κ1) is 15.0. The van der Waals surface area contributed by atoms with Crippen molar-refractivity contribution in [1.82, 2.24) is 0 Å². The maximum atomic E-state index is 11.3. The molecule has 1 fully saturated rings. The molecule has 0 atom stereocenters. The summed E-state index contributed by atoms with van der Waals surface area (Å²) in [5.41, 5.74) is 0. The maximum absolute atomic E-state index is 11.3. The average Bonchev–Trinajstić information content (AvgIpc) is 2.35. The molecule has 1 saturated heterocycles. The van der Waals surface area contributed by atoms with Crippen molar-refractivity contribution in [3.63, 3.8) is 0 Å². The fourth-order valence-corrected chi connectivity index (χ4v) is 2.00. The van der Waals surface area contributed by atoms with Gasteiger partial charge in [-0.05, 0) is 12.8 Å². The summed E-state index contributed by atoms with van der Waals surface area (Å²) >= 11 is 0. The summed E-state index contributed by atoms with van der Waals surface area (Å²) in [6.07, 6.45) is 9.17. The van der Waals surface area contributed by atoms with Crippen molar-refractivity contribution in [3.05, 3.63) is 0 Å². The summed E-state index contributed by atoms with van der Waals surface area (Å²) in [6, 6.07) is 0. The van der Waals surface area contributed by atoms with Gasteiger partial charge in [0.05, 0.1) is 13.2 Å². The number of carbonyl (C=O) groups excluding carboxylic acids is 2. The zero-order valence-electron chi connectivity index (χ0n) is 11.1. The van der Waals surface area contributed by atoms with Gasteiger partial charge in [-0.3, -0.25) is 9.59 Å². The van der Waals surface area contributed by atoms with Gasteiger partial charge in [0.15, 0.2) is 0 Å². The molecule has 0 aromatic carbocycles. The summed E-state index contributed by atoms with van der Waals surface area (Å²) in [4.78, 5) is 22.6. The summed E-state index contributed by atoms with van der Waals surface area (Å²) < 4.78 is 10.1. The Hall–Kier alpha value is -1.06. The second-order valence-electron chi connectivity index (χ2n) is 4.77. The number of hydrogen-bond donors (Lipinski definition) is 0. The van der Waals surface area contributed by atoms with Crippen LogP contribution in [-0.4, -0.2) is 25.2 Å². The summed E-state index contributed by atoms with van der Waals surface area (Å²) in [6.45, 7) is 0.707. The van der Waals surface area contributed by atoms with Crippen LogP contribution in [0.4, 0.5) is 0 Å². The standard InChI is InChI=1S/C14H24O4/c15-13-9-6-4-2-1-3-5-7-10-14(16)18-12-8-11-17-13/h1-12H2. The SMILES string of the molecule is O=C1CCCCCCCCCC(=O)OCCCO1. The molecule has 0 bridgehead atoms. The highest BCUT2D eigenvalue weighted by Gasteiger charge is 2.05. The molecule has 0 N–H and O–H groups in total. The molecule has 0 aromatic rings. The maximum Gasteiger partial charge on any atom is 0.305 e. The molecule has 0 spiro atoms. The molecular formula is C14H24O4. The van der Waals surface area contributed by atoms with Crippen LogP contribution in [0, 0.1) is 0 Å². The van der Waals surface area contributed by atoms with E-state index in [1.54, 1.807) is 0 Å². The van der Waals surface area contributed by atoms with Crippen molar-refractivity contribution < 1.29 is 19.1 Å². The predicted molar refractivity (Wildman–Crippen MR) is 68.1 cm³/mol. The monoisotopic (exact) mass is 256 g/mol. The number of rotatable bonds is 0. The smallest absolute Gasteiger partial charge is 0.305 e. The third-order valence-electron chi connectivity index (χ3n) is 3.08. The van der Waals surface area contributed by atoms with Crippen molar-refractivity contribution in [2.45, 2.75) is 64.2 Å². The van der Waals surface area contributed by atoms with Gasteiger partial charge in [0.1, 0.15) is 0 Å². The first-order chi connectivity index (χ1) is 8.79. The van der Waals surface area contributed by atoms with Crippen molar-refractivity contribution in [3.8, 4) is 0 Å². The first-order valence-corrected chi connectivity index (χ1v) is 7.10. The molecule has 4 heteroatoms. The van der Waals surface area contributed by atoms with E-state index in [-0.39, 0.29) is 11.9 Å². The molecule has 1 rings (SSSR count). The van der Waals surface area contributed by atoms with Crippen LogP contribution in [0.25, 0.3) is 0 Å². The largest absolute Gasteiger partial charge is 0.466 e. The normalized spacial score (nSPS) is 22.0. The van der Waals surface area contributed by atoms with E-state index >= 15 is 0 Å². The minimum Gasteiger partial charge on any atom is -0.466 e. The molecule has 1 heterocycles. The van der Waals surface area contributed by atoms with Gasteiger partial charge in [0.25, 0.3) is 0 Å². The lowest BCUT2D eigenvalue weighted by atomic mass is 10.1. The minimum atomic E-state index is -0.131. The van der Waals surface area contributed by atoms with E-state index in [9.17, 15) is 9.59 Å². The van der Waals surface area contributed by atoms with Crippen molar-refractivity contribution in [2.75, 3.05) is 13.2 Å². The molecule has 0 saturated carbocycles. The van der Waals surface area contributed by atoms with Crippen molar-refractivity contribution >= 4 is 11.9 Å². The Kier molecular flexibility index (Phi) is 8.26. The van der Waals surface area contributed by atoms with Crippen LogP contribution >= 0.6 is 0 Å². The van der Waals surface area contributed by atoms with Gasteiger partial charge >= 0.3 is 11.9 Å². The number of ether oxygens (including phenoxy) is 2. The molecule has 0 unspecified atom stereocenters. The van der Waals surface area contributed by atoms with Gasteiger partial charge in [-0.15, -0.1) is 0 Å². The van der Waals surface area contributed by atoms with Crippen molar-refractivity contribution in [1.29, 1.82) is 0 Å². The number of cyclic esters (lactones) is 2. The van der Waals surface area contributed by atoms with E-state index in [4.69, 9.17) is 9.47 Å². The molecule has 4 nitrogen and oxygen atoms in total. The van der Waals surface area contributed by atoms with Crippen LogP contribution in [0.15, 0.2) is 0 Å². The number of hydrogen-bond acceptors (Lipinski definition) is 4. The molecule has 1 aliphatic heterocycles. The van der Waals surface area contributed by atoms with Crippen LogP contribution in [0.5, 0.6) is 0 Å². The highest BCUT2D eigenvalue weighted by atomic mass is 16.5. The minimum absolute atomic E-state index is 0.131. The molecule has 1 aliphatic rings. The summed E-state index contributed by atoms with van der Waals surface area (Å²) in [7, 11) is 0. The Morgan fingerprint density at radius 1 is 0.556 bits per heavy atom. The van der Waals surface area contributed by atoms with E-state index in [2.05, 4.69) is 0 Å². The Morgan fingerprint density at radius 3 is 1.39 bits per heavy atom. The Labute approximate surface area is 109 Å². The topological polar surface area (TPSA) is 52.6 Å². The highest BCUT2D eigenvalue weighted by molar-refractivity contribution is 5.69. The quantitative estimate of drug-likeness (QED) is 0.625. The summed E-state index contributed by atoms with van der Waals surface area (Å²) in [5.74, 6) is -0.262. The van der Waals surface area contributed by atoms with Gasteiger partial charge < -0.3 is 9.47 Å². The Balaban J connectivity index is 2.21. The lowest BCUT2D eigenvalue weighted by Gasteiger charge is -2.07. The van der Waals surface area contributed by atoms with Gasteiger partial charge in [-0.25, -0.2) is 0 Å². The zero-order chi connectivity index (χ0) is 13.1. The first-order valence-electron chi connectivity index (χ1n) is 7.10. The van der Waals surface area contributed by atoms with E-state index in [0.717, 1.165) is 38.5 Å². The highest BCUT2D eigenvalue weighted by Crippen LogP contribution is 2.11. The third-order valence-corrected chi connectivity index (χ3v) is 3.08. The molecule has 0 radical (unpaired) electrons. The fraction of sp³-hybridized carbons (Fsp3) is 0.857. The average molecular weight is 256 g/mol. The predicted octanol–water partition coefficient (Wildman–Crippen LogP) is 2.99. The van der Waals surface area contributed by atoms with Gasteiger partial charge in [0.2, 0.25) is 0 Å². The molecule has 0 amide bonds. The Morgan fingerprint density at radius 2 is 0.944 bits per heavy atom. The molecule has 104 valence electrons. The van der Waals surface area contributed by atoms with Crippen LogP contribution in [-0.2, 0) is 19.1 Å². The molecule has 18 heavy (non-hydrogen) atoms. The molecule has 0 aromatic heterocycles.